The lowest BCUT2D eigenvalue weighted by Crippen LogP contribution is -2.54. The van der Waals surface area contributed by atoms with Gasteiger partial charge >= 0.3 is 6.03 Å². The van der Waals surface area contributed by atoms with Crippen LogP contribution in [0, 0.1) is 11.8 Å². The van der Waals surface area contributed by atoms with Gasteiger partial charge in [0.25, 0.3) is 0 Å². The zero-order valence-electron chi connectivity index (χ0n) is 10.2. The van der Waals surface area contributed by atoms with Crippen LogP contribution in [0.3, 0.4) is 0 Å². The summed E-state index contributed by atoms with van der Waals surface area (Å²) < 4.78 is 5.40. The molecule has 92 valence electrons. The number of imide groups is 1. The Balaban J connectivity index is 2.26. The third-order valence-electron chi connectivity index (χ3n) is 2.42. The number of amides is 3. The van der Waals surface area contributed by atoms with E-state index in [1.54, 1.807) is 4.90 Å². The fourth-order valence-electron chi connectivity index (χ4n) is 1.49. The van der Waals surface area contributed by atoms with E-state index in [-0.39, 0.29) is 17.9 Å². The van der Waals surface area contributed by atoms with Gasteiger partial charge in [0.05, 0.1) is 12.5 Å². The number of nitrogens with zero attached hydrogens (tertiary/aromatic N) is 1. The van der Waals surface area contributed by atoms with Crippen LogP contribution in [0.2, 0.25) is 0 Å². The second-order valence-corrected chi connectivity index (χ2v) is 4.61. The molecule has 0 aromatic rings. The van der Waals surface area contributed by atoms with Gasteiger partial charge in [0.2, 0.25) is 5.91 Å². The molecule has 16 heavy (non-hydrogen) atoms. The molecule has 1 atom stereocenters. The van der Waals surface area contributed by atoms with Crippen molar-refractivity contribution in [1.82, 2.24) is 10.2 Å². The van der Waals surface area contributed by atoms with E-state index in [1.807, 2.05) is 6.92 Å². The van der Waals surface area contributed by atoms with Crippen molar-refractivity contribution in [2.24, 2.45) is 11.8 Å². The predicted octanol–water partition coefficient (Wildman–Crippen LogP) is 0.847. The van der Waals surface area contributed by atoms with Gasteiger partial charge in [0.15, 0.2) is 0 Å². The van der Waals surface area contributed by atoms with Gasteiger partial charge in [-0.2, -0.15) is 0 Å². The highest BCUT2D eigenvalue weighted by Gasteiger charge is 2.28. The van der Waals surface area contributed by atoms with Crippen LogP contribution in [0.1, 0.15) is 20.8 Å². The monoisotopic (exact) mass is 228 g/mol. The minimum Gasteiger partial charge on any atom is -0.379 e. The standard InChI is InChI=1S/C11H20N2O3/c1-8(2)7-16-5-4-13-6-9(3)10(14)12-11(13)15/h8-9H,4-7H2,1-3H3,(H,12,14,15). The summed E-state index contributed by atoms with van der Waals surface area (Å²) in [5, 5.41) is 2.32. The highest BCUT2D eigenvalue weighted by molar-refractivity contribution is 5.97. The van der Waals surface area contributed by atoms with E-state index < -0.39 is 0 Å². The van der Waals surface area contributed by atoms with Gasteiger partial charge < -0.3 is 9.64 Å². The Hall–Kier alpha value is -1.10. The molecule has 1 N–H and O–H groups in total. The fourth-order valence-corrected chi connectivity index (χ4v) is 1.49. The van der Waals surface area contributed by atoms with Crippen LogP contribution in [0.15, 0.2) is 0 Å². The normalized spacial score (nSPS) is 21.5. The Morgan fingerprint density at radius 1 is 1.50 bits per heavy atom. The zero-order chi connectivity index (χ0) is 12.1. The van der Waals surface area contributed by atoms with E-state index in [0.29, 0.717) is 32.2 Å². The molecular formula is C11H20N2O3. The smallest absolute Gasteiger partial charge is 0.324 e. The first-order chi connectivity index (χ1) is 7.50. The molecule has 1 fully saturated rings. The van der Waals surface area contributed by atoms with Crippen molar-refractivity contribution in [3.8, 4) is 0 Å². The Bertz CT molecular complexity index is 266. The van der Waals surface area contributed by atoms with E-state index in [2.05, 4.69) is 19.2 Å². The molecule has 0 bridgehead atoms. The summed E-state index contributed by atoms with van der Waals surface area (Å²) in [6, 6.07) is -0.309. The lowest BCUT2D eigenvalue weighted by molar-refractivity contribution is -0.125. The Morgan fingerprint density at radius 3 is 2.81 bits per heavy atom. The summed E-state index contributed by atoms with van der Waals surface area (Å²) in [5.41, 5.74) is 0. The van der Waals surface area contributed by atoms with Crippen molar-refractivity contribution in [2.75, 3.05) is 26.3 Å². The van der Waals surface area contributed by atoms with Gasteiger partial charge in [0.1, 0.15) is 0 Å². The molecule has 1 rings (SSSR count). The second-order valence-electron chi connectivity index (χ2n) is 4.61. The van der Waals surface area contributed by atoms with Crippen LogP contribution in [0.25, 0.3) is 0 Å². The van der Waals surface area contributed by atoms with Gasteiger partial charge in [0, 0.05) is 19.7 Å². The molecule has 3 amide bonds. The molecule has 5 heteroatoms. The summed E-state index contributed by atoms with van der Waals surface area (Å²) in [7, 11) is 0. The molecule has 0 aromatic heterocycles. The van der Waals surface area contributed by atoms with E-state index in [1.165, 1.54) is 0 Å². The Morgan fingerprint density at radius 2 is 2.19 bits per heavy atom. The molecule has 0 saturated carbocycles. The van der Waals surface area contributed by atoms with Gasteiger partial charge in [-0.3, -0.25) is 10.1 Å². The third-order valence-corrected chi connectivity index (χ3v) is 2.42. The Labute approximate surface area is 96.1 Å². The van der Waals surface area contributed by atoms with Crippen LogP contribution < -0.4 is 5.32 Å². The topological polar surface area (TPSA) is 58.6 Å². The minimum atomic E-state index is -0.309. The van der Waals surface area contributed by atoms with Gasteiger partial charge in [-0.15, -0.1) is 0 Å². The summed E-state index contributed by atoms with van der Waals surface area (Å²) in [4.78, 5) is 24.2. The Kier molecular flexibility index (Phi) is 4.73. The SMILES string of the molecule is CC(C)COCCN1CC(C)C(=O)NC1=O. The maximum absolute atomic E-state index is 11.4. The minimum absolute atomic E-state index is 0.136. The van der Waals surface area contributed by atoms with Gasteiger partial charge in [-0.05, 0) is 5.92 Å². The summed E-state index contributed by atoms with van der Waals surface area (Å²) in [6.07, 6.45) is 0. The summed E-state index contributed by atoms with van der Waals surface area (Å²) in [5.74, 6) is 0.169. The van der Waals surface area contributed by atoms with Crippen LogP contribution in [0.4, 0.5) is 4.79 Å². The largest absolute Gasteiger partial charge is 0.379 e. The second kappa shape index (κ2) is 5.84. The first kappa shape index (κ1) is 13.0. The number of rotatable bonds is 5. The van der Waals surface area contributed by atoms with Gasteiger partial charge in [-0.25, -0.2) is 4.79 Å². The third kappa shape index (κ3) is 3.81. The van der Waals surface area contributed by atoms with Crippen molar-refractivity contribution >= 4 is 11.9 Å². The van der Waals surface area contributed by atoms with E-state index in [4.69, 9.17) is 4.74 Å². The number of carbonyl (C=O) groups excluding carboxylic acids is 2. The number of ether oxygens (including phenoxy) is 1. The predicted molar refractivity (Wildman–Crippen MR) is 59.9 cm³/mol. The molecule has 0 spiro atoms. The molecule has 0 aliphatic carbocycles. The van der Waals surface area contributed by atoms with Crippen LogP contribution >= 0.6 is 0 Å². The highest BCUT2D eigenvalue weighted by Crippen LogP contribution is 2.06. The molecular weight excluding hydrogens is 208 g/mol. The molecule has 5 nitrogen and oxygen atoms in total. The average Bonchev–Trinajstić information content (AvgIpc) is 2.19. The quantitative estimate of drug-likeness (QED) is 0.710. The molecule has 0 aromatic carbocycles. The average molecular weight is 228 g/mol. The number of urea groups is 1. The van der Waals surface area contributed by atoms with Crippen LogP contribution in [-0.4, -0.2) is 43.1 Å². The highest BCUT2D eigenvalue weighted by atomic mass is 16.5. The molecule has 1 heterocycles. The van der Waals surface area contributed by atoms with Gasteiger partial charge in [-0.1, -0.05) is 20.8 Å². The lowest BCUT2D eigenvalue weighted by Gasteiger charge is -2.30. The maximum atomic E-state index is 11.4. The zero-order valence-corrected chi connectivity index (χ0v) is 10.2. The fraction of sp³-hybridized carbons (Fsp3) is 0.818. The van der Waals surface area contributed by atoms with E-state index in [0.717, 1.165) is 0 Å². The van der Waals surface area contributed by atoms with Crippen LogP contribution in [0.5, 0.6) is 0 Å². The first-order valence-electron chi connectivity index (χ1n) is 5.68. The van der Waals surface area contributed by atoms with Crippen molar-refractivity contribution in [2.45, 2.75) is 20.8 Å². The molecule has 1 aliphatic heterocycles. The number of hydrogen-bond acceptors (Lipinski definition) is 3. The molecule has 1 saturated heterocycles. The van der Waals surface area contributed by atoms with E-state index in [9.17, 15) is 9.59 Å². The molecule has 0 radical (unpaired) electrons. The van der Waals surface area contributed by atoms with Crippen molar-refractivity contribution in [1.29, 1.82) is 0 Å². The van der Waals surface area contributed by atoms with Crippen LogP contribution in [-0.2, 0) is 9.53 Å². The van der Waals surface area contributed by atoms with Crippen molar-refractivity contribution in [3.63, 3.8) is 0 Å². The van der Waals surface area contributed by atoms with Crippen molar-refractivity contribution < 1.29 is 14.3 Å². The first-order valence-corrected chi connectivity index (χ1v) is 5.68. The van der Waals surface area contributed by atoms with E-state index >= 15 is 0 Å². The number of nitrogens with one attached hydrogen (secondary N) is 1. The maximum Gasteiger partial charge on any atom is 0.324 e. The summed E-state index contributed by atoms with van der Waals surface area (Å²) in [6.45, 7) is 8.20. The summed E-state index contributed by atoms with van der Waals surface area (Å²) >= 11 is 0. The number of hydrogen-bond donors (Lipinski definition) is 1. The number of carbonyl (C=O) groups is 2. The molecule has 1 aliphatic rings. The molecule has 1 unspecified atom stereocenters. The lowest BCUT2D eigenvalue weighted by atomic mass is 10.1. The van der Waals surface area contributed by atoms with Crippen molar-refractivity contribution in [3.05, 3.63) is 0 Å².